The van der Waals surface area contributed by atoms with Crippen molar-refractivity contribution in [3.63, 3.8) is 0 Å². The van der Waals surface area contributed by atoms with Gasteiger partial charge in [-0.2, -0.15) is 0 Å². The van der Waals surface area contributed by atoms with Gasteiger partial charge >= 0.3 is 0 Å². The maximum atomic E-state index is 11.4. The first-order chi connectivity index (χ1) is 13.8. The van der Waals surface area contributed by atoms with Gasteiger partial charge in [0.1, 0.15) is 17.9 Å². The Balaban J connectivity index is 1.88. The number of hydrogen-bond acceptors (Lipinski definition) is 4. The van der Waals surface area contributed by atoms with Crippen molar-refractivity contribution in [3.05, 3.63) is 62.6 Å². The van der Waals surface area contributed by atoms with Gasteiger partial charge in [-0.25, -0.2) is 0 Å². The van der Waals surface area contributed by atoms with Crippen molar-refractivity contribution in [1.82, 2.24) is 4.90 Å². The number of hydrogen-bond donors (Lipinski definition) is 0. The lowest BCUT2D eigenvalue weighted by atomic mass is 9.94. The molecule has 154 valence electrons. The molecule has 0 aliphatic carbocycles. The summed E-state index contributed by atoms with van der Waals surface area (Å²) in [6.45, 7) is 6.09. The predicted molar refractivity (Wildman–Crippen MR) is 122 cm³/mol. The van der Waals surface area contributed by atoms with Crippen LogP contribution in [0.5, 0.6) is 5.75 Å². The number of carbonyl (C=O) groups is 1. The number of rotatable bonds is 8. The van der Waals surface area contributed by atoms with Crippen LogP contribution in [-0.4, -0.2) is 43.8 Å². The predicted octanol–water partition coefficient (Wildman–Crippen LogP) is 5.18. The number of amidine groups is 1. The molecule has 0 saturated heterocycles. The van der Waals surface area contributed by atoms with Crippen molar-refractivity contribution in [2.45, 2.75) is 26.7 Å². The molecule has 3 rings (SSSR count). The van der Waals surface area contributed by atoms with Gasteiger partial charge in [0.25, 0.3) is 0 Å². The normalized spacial score (nSPS) is 14.1. The van der Waals surface area contributed by atoms with E-state index in [1.807, 2.05) is 38.1 Å². The highest BCUT2D eigenvalue weighted by Gasteiger charge is 2.28. The van der Waals surface area contributed by atoms with E-state index in [2.05, 4.69) is 33.0 Å². The molecule has 4 nitrogen and oxygen atoms in total. The van der Waals surface area contributed by atoms with Crippen molar-refractivity contribution in [2.75, 3.05) is 26.7 Å². The third kappa shape index (κ3) is 5.20. The van der Waals surface area contributed by atoms with E-state index in [0.29, 0.717) is 6.54 Å². The van der Waals surface area contributed by atoms with Crippen molar-refractivity contribution in [3.8, 4) is 5.75 Å². The number of benzene rings is 2. The Morgan fingerprint density at radius 1 is 1.28 bits per heavy atom. The molecule has 0 spiro atoms. The fraction of sp³-hybridized carbons (Fsp3) is 0.391. The third-order valence-electron chi connectivity index (χ3n) is 5.09. The SMILES string of the molecule is COc1ccc(Br)cc1CCc1c(Cl)cccc1C1=NCCN1CC(C)(C)C=O. The van der Waals surface area contributed by atoms with E-state index in [0.717, 1.165) is 70.0 Å². The molecule has 0 saturated carbocycles. The van der Waals surface area contributed by atoms with Crippen LogP contribution in [0.4, 0.5) is 0 Å². The first kappa shape index (κ1) is 21.8. The minimum atomic E-state index is -0.423. The van der Waals surface area contributed by atoms with Gasteiger partial charge in [0.15, 0.2) is 0 Å². The summed E-state index contributed by atoms with van der Waals surface area (Å²) < 4.78 is 6.54. The van der Waals surface area contributed by atoms with E-state index < -0.39 is 5.41 Å². The van der Waals surface area contributed by atoms with E-state index in [1.165, 1.54) is 0 Å². The van der Waals surface area contributed by atoms with Crippen LogP contribution in [0, 0.1) is 5.41 Å². The zero-order valence-corrected chi connectivity index (χ0v) is 19.4. The number of aryl methyl sites for hydroxylation is 1. The molecule has 2 aromatic carbocycles. The number of methoxy groups -OCH3 is 1. The number of carbonyl (C=O) groups excluding carboxylic acids is 1. The highest BCUT2D eigenvalue weighted by Crippen LogP contribution is 2.29. The van der Waals surface area contributed by atoms with Gasteiger partial charge in [-0.3, -0.25) is 4.99 Å². The van der Waals surface area contributed by atoms with Crippen molar-refractivity contribution in [2.24, 2.45) is 10.4 Å². The Hall–Kier alpha value is -1.85. The highest BCUT2D eigenvalue weighted by atomic mass is 79.9. The Bertz CT molecular complexity index is 927. The average Bonchev–Trinajstić information content (AvgIpc) is 3.14. The molecule has 1 aliphatic heterocycles. The molecule has 1 heterocycles. The van der Waals surface area contributed by atoms with Gasteiger partial charge in [-0.15, -0.1) is 0 Å². The fourth-order valence-electron chi connectivity index (χ4n) is 3.65. The molecular formula is C23H26BrClN2O2. The summed E-state index contributed by atoms with van der Waals surface area (Å²) in [7, 11) is 1.69. The number of aldehydes is 1. The van der Waals surface area contributed by atoms with Crippen LogP contribution in [0.15, 0.2) is 45.9 Å². The van der Waals surface area contributed by atoms with Crippen LogP contribution in [-0.2, 0) is 17.6 Å². The van der Waals surface area contributed by atoms with Crippen LogP contribution in [0.3, 0.4) is 0 Å². The zero-order chi connectivity index (χ0) is 21.0. The Morgan fingerprint density at radius 2 is 2.07 bits per heavy atom. The maximum Gasteiger partial charge on any atom is 0.131 e. The van der Waals surface area contributed by atoms with E-state index in [-0.39, 0.29) is 0 Å². The van der Waals surface area contributed by atoms with Crippen LogP contribution >= 0.6 is 27.5 Å². The smallest absolute Gasteiger partial charge is 0.131 e. The lowest BCUT2D eigenvalue weighted by molar-refractivity contribution is -0.115. The first-order valence-corrected chi connectivity index (χ1v) is 10.9. The fourth-order valence-corrected chi connectivity index (χ4v) is 4.32. The largest absolute Gasteiger partial charge is 0.496 e. The molecule has 0 aromatic heterocycles. The van der Waals surface area contributed by atoms with Crippen LogP contribution in [0.25, 0.3) is 0 Å². The molecular weight excluding hydrogens is 452 g/mol. The summed E-state index contributed by atoms with van der Waals surface area (Å²) in [6.07, 6.45) is 2.58. The zero-order valence-electron chi connectivity index (χ0n) is 17.0. The van der Waals surface area contributed by atoms with E-state index in [1.54, 1.807) is 7.11 Å². The first-order valence-electron chi connectivity index (χ1n) is 9.70. The summed E-state index contributed by atoms with van der Waals surface area (Å²) in [4.78, 5) is 18.4. The molecule has 0 unspecified atom stereocenters. The van der Waals surface area contributed by atoms with Gasteiger partial charge in [0.2, 0.25) is 0 Å². The molecule has 2 aromatic rings. The number of ether oxygens (including phenoxy) is 1. The van der Waals surface area contributed by atoms with Crippen molar-refractivity contribution < 1.29 is 9.53 Å². The molecule has 0 radical (unpaired) electrons. The van der Waals surface area contributed by atoms with Crippen molar-refractivity contribution in [1.29, 1.82) is 0 Å². The van der Waals surface area contributed by atoms with Gasteiger partial charge in [0.05, 0.1) is 13.7 Å². The maximum absolute atomic E-state index is 11.4. The highest BCUT2D eigenvalue weighted by molar-refractivity contribution is 9.10. The summed E-state index contributed by atoms with van der Waals surface area (Å²) in [5, 5.41) is 0.737. The summed E-state index contributed by atoms with van der Waals surface area (Å²) in [5.41, 5.74) is 2.82. The molecule has 1 aliphatic rings. The summed E-state index contributed by atoms with van der Waals surface area (Å²) in [6, 6.07) is 12.0. The molecule has 0 fully saturated rings. The molecule has 0 amide bonds. The monoisotopic (exact) mass is 476 g/mol. The molecule has 0 bridgehead atoms. The van der Waals surface area contributed by atoms with Gasteiger partial charge in [-0.1, -0.05) is 53.5 Å². The quantitative estimate of drug-likeness (QED) is 0.492. The second kappa shape index (κ2) is 9.31. The number of aliphatic imine (C=N–C) groups is 1. The van der Waals surface area contributed by atoms with Gasteiger partial charge in [-0.05, 0) is 48.2 Å². The third-order valence-corrected chi connectivity index (χ3v) is 5.94. The Labute approximate surface area is 186 Å². The van der Waals surface area contributed by atoms with Crippen LogP contribution < -0.4 is 4.74 Å². The lowest BCUT2D eigenvalue weighted by Gasteiger charge is -2.28. The average molecular weight is 478 g/mol. The Morgan fingerprint density at radius 3 is 2.79 bits per heavy atom. The van der Waals surface area contributed by atoms with E-state index >= 15 is 0 Å². The van der Waals surface area contributed by atoms with Gasteiger partial charge < -0.3 is 14.4 Å². The molecule has 0 N–H and O–H groups in total. The molecule has 0 atom stereocenters. The molecule has 29 heavy (non-hydrogen) atoms. The summed E-state index contributed by atoms with van der Waals surface area (Å²) in [5.74, 6) is 1.80. The number of nitrogens with zero attached hydrogens (tertiary/aromatic N) is 2. The van der Waals surface area contributed by atoms with E-state index in [4.69, 9.17) is 21.3 Å². The second-order valence-electron chi connectivity index (χ2n) is 7.96. The second-order valence-corrected chi connectivity index (χ2v) is 9.28. The van der Waals surface area contributed by atoms with Crippen molar-refractivity contribution >= 4 is 39.7 Å². The van der Waals surface area contributed by atoms with Crippen LogP contribution in [0.1, 0.15) is 30.5 Å². The van der Waals surface area contributed by atoms with E-state index in [9.17, 15) is 4.79 Å². The topological polar surface area (TPSA) is 41.9 Å². The standard InChI is InChI=1S/C23H26BrClN2O2/c1-23(2,15-28)14-27-12-11-26-22(27)19-5-4-6-20(25)18(19)9-7-16-13-17(24)8-10-21(16)29-3/h4-6,8,10,13,15H,7,9,11-12,14H2,1-3H3. The number of halogens is 2. The van der Waals surface area contributed by atoms with Gasteiger partial charge in [0, 0.05) is 33.6 Å². The summed E-state index contributed by atoms with van der Waals surface area (Å²) >= 11 is 10.2. The lowest BCUT2D eigenvalue weighted by Crippen LogP contribution is -2.38. The molecule has 6 heteroatoms. The minimum absolute atomic E-state index is 0.423. The Kier molecular flexibility index (Phi) is 7.01. The van der Waals surface area contributed by atoms with Crippen LogP contribution in [0.2, 0.25) is 5.02 Å². The minimum Gasteiger partial charge on any atom is -0.496 e.